The molecule has 3 N–H and O–H groups in total. The highest BCUT2D eigenvalue weighted by atomic mass is 19.4. The summed E-state index contributed by atoms with van der Waals surface area (Å²) in [5.74, 6) is 1.03. The molecule has 0 radical (unpaired) electrons. The van der Waals surface area contributed by atoms with Crippen LogP contribution >= 0.6 is 0 Å². The zero-order chi connectivity index (χ0) is 25.5. The summed E-state index contributed by atoms with van der Waals surface area (Å²) in [5, 5.41) is 12.2. The highest BCUT2D eigenvalue weighted by molar-refractivity contribution is 5.82. The van der Waals surface area contributed by atoms with E-state index in [0.29, 0.717) is 54.3 Å². The van der Waals surface area contributed by atoms with Gasteiger partial charge in [0.2, 0.25) is 0 Å². The first-order valence-corrected chi connectivity index (χ1v) is 11.8. The molecule has 1 aromatic carbocycles. The molecule has 1 fully saturated rings. The first-order valence-electron chi connectivity index (χ1n) is 11.8. The second-order valence-corrected chi connectivity index (χ2v) is 8.43. The third-order valence-corrected chi connectivity index (χ3v) is 5.56. The van der Waals surface area contributed by atoms with Crippen molar-refractivity contribution in [1.29, 1.82) is 0 Å². The fraction of sp³-hybridized carbons (Fsp3) is 0.400. The van der Waals surface area contributed by atoms with Gasteiger partial charge in [0.1, 0.15) is 18.1 Å². The molecule has 1 aliphatic heterocycles. The number of rotatable bonds is 7. The molecule has 0 spiro atoms. The number of fused-ring (bicyclic) bond motifs is 2. The number of alkyl halides is 3. The summed E-state index contributed by atoms with van der Waals surface area (Å²) in [6, 6.07) is 12.6. The molecule has 3 aromatic heterocycles. The van der Waals surface area contributed by atoms with Crippen LogP contribution in [0.3, 0.4) is 0 Å². The van der Waals surface area contributed by atoms with E-state index in [1.165, 1.54) is 22.7 Å². The highest BCUT2D eigenvalue weighted by Crippen LogP contribution is 2.25. The molecule has 5 rings (SSSR count). The Morgan fingerprint density at radius 2 is 1.94 bits per heavy atom. The minimum Gasteiger partial charge on any atom is -0.491 e. The van der Waals surface area contributed by atoms with E-state index in [1.54, 1.807) is 6.07 Å². The van der Waals surface area contributed by atoms with Gasteiger partial charge in [-0.2, -0.15) is 13.2 Å². The Bertz CT molecular complexity index is 1290. The minimum absolute atomic E-state index is 0.127. The first kappa shape index (κ1) is 25.8. The van der Waals surface area contributed by atoms with Gasteiger partial charge in [-0.15, -0.1) is 10.2 Å². The zero-order valence-electron chi connectivity index (χ0n) is 20.0. The monoisotopic (exact) mass is 502 g/mol. The summed E-state index contributed by atoms with van der Waals surface area (Å²) < 4.78 is 50.7. The molecule has 36 heavy (non-hydrogen) atoms. The van der Waals surface area contributed by atoms with Gasteiger partial charge in [-0.05, 0) is 49.7 Å². The average molecular weight is 503 g/mol. The van der Waals surface area contributed by atoms with Crippen LogP contribution in [0.2, 0.25) is 0 Å². The Hall–Kier alpha value is -3.28. The highest BCUT2D eigenvalue weighted by Gasteiger charge is 2.28. The van der Waals surface area contributed by atoms with Gasteiger partial charge in [0, 0.05) is 36.8 Å². The molecule has 1 saturated heterocycles. The lowest BCUT2D eigenvalue weighted by Gasteiger charge is -2.08. The van der Waals surface area contributed by atoms with E-state index >= 15 is 0 Å². The summed E-state index contributed by atoms with van der Waals surface area (Å²) in [7, 11) is 0. The summed E-state index contributed by atoms with van der Waals surface area (Å²) in [6.45, 7) is 5.59. The van der Waals surface area contributed by atoms with E-state index in [1.807, 2.05) is 31.2 Å². The molecule has 0 saturated carbocycles. The number of aromatic nitrogens is 4. The molecule has 4 aromatic rings. The van der Waals surface area contributed by atoms with E-state index in [4.69, 9.17) is 15.2 Å². The maximum atomic E-state index is 12.8. The number of ether oxygens (including phenoxy) is 2. The van der Waals surface area contributed by atoms with Gasteiger partial charge in [-0.1, -0.05) is 12.1 Å². The minimum atomic E-state index is -4.29. The quantitative estimate of drug-likeness (QED) is 0.371. The first-order chi connectivity index (χ1) is 17.3. The van der Waals surface area contributed by atoms with Crippen LogP contribution < -0.4 is 15.8 Å². The largest absolute Gasteiger partial charge is 0.491 e. The summed E-state index contributed by atoms with van der Waals surface area (Å²) >= 11 is 0. The van der Waals surface area contributed by atoms with Gasteiger partial charge in [0.05, 0.1) is 18.5 Å². The molecule has 192 valence electrons. The van der Waals surface area contributed by atoms with Crippen molar-refractivity contribution in [3.63, 3.8) is 0 Å². The second-order valence-electron chi connectivity index (χ2n) is 8.43. The van der Waals surface area contributed by atoms with Crippen molar-refractivity contribution in [3.8, 4) is 17.3 Å². The fourth-order valence-corrected chi connectivity index (χ4v) is 3.80. The molecule has 1 aliphatic rings. The predicted octanol–water partition coefficient (Wildman–Crippen LogP) is 3.77. The van der Waals surface area contributed by atoms with Crippen molar-refractivity contribution in [3.05, 3.63) is 54.2 Å². The SMILES string of the molecule is CCOCCOc1ccc2ccc(-c3nnc4ccc(CC(F)(F)F)cn34)nc2c1.NC1CCNC1. The van der Waals surface area contributed by atoms with E-state index in [-0.39, 0.29) is 5.56 Å². The lowest BCUT2D eigenvalue weighted by Crippen LogP contribution is -2.21. The summed E-state index contributed by atoms with van der Waals surface area (Å²) in [5.41, 5.74) is 7.24. The zero-order valence-corrected chi connectivity index (χ0v) is 20.0. The van der Waals surface area contributed by atoms with Gasteiger partial charge in [0.15, 0.2) is 11.5 Å². The van der Waals surface area contributed by atoms with Gasteiger partial charge >= 0.3 is 6.18 Å². The lowest BCUT2D eigenvalue weighted by atomic mass is 10.2. The number of nitrogens with zero attached hydrogens (tertiary/aromatic N) is 4. The number of hydrogen-bond donors (Lipinski definition) is 2. The molecule has 0 aliphatic carbocycles. The molecule has 1 unspecified atom stereocenters. The van der Waals surface area contributed by atoms with Crippen LogP contribution in [-0.2, 0) is 11.2 Å². The van der Waals surface area contributed by atoms with Crippen molar-refractivity contribution in [2.75, 3.05) is 32.9 Å². The van der Waals surface area contributed by atoms with E-state index in [2.05, 4.69) is 20.5 Å². The van der Waals surface area contributed by atoms with E-state index in [9.17, 15) is 13.2 Å². The van der Waals surface area contributed by atoms with Crippen molar-refractivity contribution in [2.45, 2.75) is 32.0 Å². The number of halogens is 3. The number of nitrogens with two attached hydrogens (primary N) is 1. The van der Waals surface area contributed by atoms with Crippen LogP contribution in [0.1, 0.15) is 18.9 Å². The van der Waals surface area contributed by atoms with Crippen LogP contribution in [0.5, 0.6) is 5.75 Å². The summed E-state index contributed by atoms with van der Waals surface area (Å²) in [4.78, 5) is 4.62. The molecule has 0 bridgehead atoms. The standard InChI is InChI=1S/C21H19F3N4O2.C4H10N2/c1-2-29-9-10-30-16-6-4-15-5-7-17(25-18(15)11-16)20-27-26-19-8-3-14(13-28(19)20)12-21(22,23)24;5-4-1-2-6-3-4/h3-8,11,13H,2,9-10,12H2,1H3;4,6H,1-3,5H2. The third kappa shape index (κ3) is 6.90. The second kappa shape index (κ2) is 11.6. The van der Waals surface area contributed by atoms with Crippen molar-refractivity contribution in [1.82, 2.24) is 24.9 Å². The van der Waals surface area contributed by atoms with Crippen LogP contribution in [-0.4, -0.2) is 64.7 Å². The Morgan fingerprint density at radius 1 is 1.11 bits per heavy atom. The van der Waals surface area contributed by atoms with Gasteiger partial charge in [0.25, 0.3) is 0 Å². The molecule has 1 atom stereocenters. The van der Waals surface area contributed by atoms with Crippen LogP contribution in [0.4, 0.5) is 13.2 Å². The van der Waals surface area contributed by atoms with E-state index < -0.39 is 12.6 Å². The smallest absolute Gasteiger partial charge is 0.393 e. The molecular formula is C25H29F3N6O2. The van der Waals surface area contributed by atoms with Crippen molar-refractivity contribution >= 4 is 16.6 Å². The molecule has 4 heterocycles. The number of benzene rings is 1. The Balaban J connectivity index is 0.000000445. The van der Waals surface area contributed by atoms with Crippen molar-refractivity contribution in [2.24, 2.45) is 5.73 Å². The molecule has 0 amide bonds. The maximum absolute atomic E-state index is 12.8. The summed E-state index contributed by atoms with van der Waals surface area (Å²) in [6.07, 6.45) is -2.76. The third-order valence-electron chi connectivity index (χ3n) is 5.56. The van der Waals surface area contributed by atoms with Gasteiger partial charge < -0.3 is 20.5 Å². The molecular weight excluding hydrogens is 473 g/mol. The Morgan fingerprint density at radius 3 is 2.64 bits per heavy atom. The number of hydrogen-bond acceptors (Lipinski definition) is 7. The van der Waals surface area contributed by atoms with Gasteiger partial charge in [-0.25, -0.2) is 4.98 Å². The topological polar surface area (TPSA) is 99.6 Å². The average Bonchev–Trinajstić information content (AvgIpc) is 3.49. The van der Waals surface area contributed by atoms with Gasteiger partial charge in [-0.3, -0.25) is 4.40 Å². The lowest BCUT2D eigenvalue weighted by molar-refractivity contribution is -0.127. The number of nitrogens with one attached hydrogen (secondary N) is 1. The van der Waals surface area contributed by atoms with Crippen LogP contribution in [0.15, 0.2) is 48.7 Å². The molecule has 11 heteroatoms. The van der Waals surface area contributed by atoms with Crippen LogP contribution in [0, 0.1) is 0 Å². The predicted molar refractivity (Wildman–Crippen MR) is 131 cm³/mol. The van der Waals surface area contributed by atoms with Crippen molar-refractivity contribution < 1.29 is 22.6 Å². The fourth-order valence-electron chi connectivity index (χ4n) is 3.80. The maximum Gasteiger partial charge on any atom is 0.393 e. The van der Waals surface area contributed by atoms with Crippen LogP contribution in [0.25, 0.3) is 28.1 Å². The van der Waals surface area contributed by atoms with E-state index in [0.717, 1.165) is 24.9 Å². The molecule has 8 nitrogen and oxygen atoms in total. The Labute approximate surface area is 206 Å². The number of pyridine rings is 2. The normalized spacial score (nSPS) is 15.8. The Kier molecular flexibility index (Phi) is 8.34.